The van der Waals surface area contributed by atoms with Gasteiger partial charge in [-0.3, -0.25) is 4.79 Å². The second-order valence-corrected chi connectivity index (χ2v) is 6.73. The summed E-state index contributed by atoms with van der Waals surface area (Å²) in [6, 6.07) is 1.69. The Morgan fingerprint density at radius 2 is 2.20 bits per heavy atom. The number of hydrogen-bond acceptors (Lipinski definition) is 6. The second kappa shape index (κ2) is 6.87. The molecule has 0 spiro atoms. The monoisotopic (exact) mass is 342 g/mol. The lowest BCUT2D eigenvalue weighted by Crippen LogP contribution is -2.40. The number of hydrogen-bond donors (Lipinski definition) is 0. The molecule has 0 radical (unpaired) electrons. The molecule has 8 nitrogen and oxygen atoms in total. The zero-order chi connectivity index (χ0) is 17.2. The Morgan fingerprint density at radius 1 is 1.32 bits per heavy atom. The minimum absolute atomic E-state index is 0.0567. The van der Waals surface area contributed by atoms with E-state index in [1.807, 2.05) is 4.68 Å². The molecule has 0 bridgehead atoms. The Morgan fingerprint density at radius 3 is 2.92 bits per heavy atom. The summed E-state index contributed by atoms with van der Waals surface area (Å²) < 4.78 is 7.85. The van der Waals surface area contributed by atoms with Crippen LogP contribution in [0.5, 0.6) is 0 Å². The summed E-state index contributed by atoms with van der Waals surface area (Å²) >= 11 is 0. The highest BCUT2D eigenvalue weighted by molar-refractivity contribution is 5.93. The van der Waals surface area contributed by atoms with Crippen LogP contribution < -0.4 is 0 Å². The molecule has 2 aromatic rings. The van der Waals surface area contributed by atoms with Crippen LogP contribution in [0.3, 0.4) is 0 Å². The maximum Gasteiger partial charge on any atom is 0.255 e. The number of fused-ring (bicyclic) bond motifs is 1. The van der Waals surface area contributed by atoms with Gasteiger partial charge in [0, 0.05) is 25.6 Å². The quantitative estimate of drug-likeness (QED) is 0.785. The molecule has 2 aliphatic rings. The molecule has 0 saturated heterocycles. The Kier molecular flexibility index (Phi) is 4.44. The third-order valence-corrected chi connectivity index (χ3v) is 4.80. The van der Waals surface area contributed by atoms with Crippen molar-refractivity contribution in [3.05, 3.63) is 35.4 Å². The van der Waals surface area contributed by atoms with Gasteiger partial charge in [-0.2, -0.15) is 10.2 Å². The molecule has 1 saturated carbocycles. The number of ether oxygens (including phenoxy) is 1. The van der Waals surface area contributed by atoms with Gasteiger partial charge < -0.3 is 9.64 Å². The first-order valence-electron chi connectivity index (χ1n) is 8.82. The predicted octanol–water partition coefficient (Wildman–Crippen LogP) is 1.25. The van der Waals surface area contributed by atoms with Gasteiger partial charge in [-0.05, 0) is 31.7 Å². The maximum absolute atomic E-state index is 12.8. The molecule has 1 unspecified atom stereocenters. The van der Waals surface area contributed by atoms with Crippen molar-refractivity contribution < 1.29 is 9.53 Å². The van der Waals surface area contributed by atoms with Crippen molar-refractivity contribution in [2.45, 2.75) is 38.8 Å². The van der Waals surface area contributed by atoms with E-state index in [2.05, 4.69) is 27.4 Å². The van der Waals surface area contributed by atoms with Gasteiger partial charge in [0.15, 0.2) is 0 Å². The topological polar surface area (TPSA) is 86.0 Å². The molecule has 3 heterocycles. The maximum atomic E-state index is 12.8. The van der Waals surface area contributed by atoms with Crippen LogP contribution in [-0.4, -0.2) is 55.8 Å². The average Bonchev–Trinajstić information content (AvgIpc) is 3.38. The molecule has 1 amide bonds. The lowest BCUT2D eigenvalue weighted by atomic mass is 9.98. The molecule has 1 aliphatic heterocycles. The zero-order valence-electron chi connectivity index (χ0n) is 14.3. The third-order valence-electron chi connectivity index (χ3n) is 4.80. The van der Waals surface area contributed by atoms with Gasteiger partial charge in [-0.15, -0.1) is 5.10 Å². The van der Waals surface area contributed by atoms with Crippen molar-refractivity contribution in [3.8, 4) is 0 Å². The summed E-state index contributed by atoms with van der Waals surface area (Å²) in [7, 11) is 0. The number of carbonyl (C=O) groups excluding carboxylic acids is 1. The summed E-state index contributed by atoms with van der Waals surface area (Å²) in [4.78, 5) is 14.6. The van der Waals surface area contributed by atoms with E-state index in [0.717, 1.165) is 30.5 Å². The second-order valence-electron chi connectivity index (χ2n) is 6.73. The molecule has 1 fully saturated rings. The molecule has 0 aromatic carbocycles. The summed E-state index contributed by atoms with van der Waals surface area (Å²) in [5.41, 5.74) is 2.51. The van der Waals surface area contributed by atoms with Gasteiger partial charge in [0.2, 0.25) is 0 Å². The fourth-order valence-electron chi connectivity index (χ4n) is 3.29. The van der Waals surface area contributed by atoms with E-state index < -0.39 is 0 Å². The minimum Gasteiger partial charge on any atom is -0.380 e. The van der Waals surface area contributed by atoms with E-state index in [1.54, 1.807) is 11.0 Å². The van der Waals surface area contributed by atoms with Crippen LogP contribution >= 0.6 is 0 Å². The van der Waals surface area contributed by atoms with Crippen molar-refractivity contribution >= 4 is 5.91 Å². The summed E-state index contributed by atoms with van der Waals surface area (Å²) in [5.74, 6) is 0.757. The highest BCUT2D eigenvalue weighted by Gasteiger charge is 2.33. The van der Waals surface area contributed by atoms with Crippen LogP contribution in [0, 0.1) is 5.92 Å². The first-order chi connectivity index (χ1) is 12.3. The molecule has 0 N–H and O–H groups in total. The van der Waals surface area contributed by atoms with E-state index >= 15 is 0 Å². The van der Waals surface area contributed by atoms with Crippen LogP contribution in [-0.2, 0) is 17.8 Å². The number of aromatic nitrogens is 5. The number of aryl methyl sites for hydroxylation is 1. The number of nitrogens with zero attached hydrogens (tertiary/aromatic N) is 6. The molecular formula is C17H22N6O2. The van der Waals surface area contributed by atoms with Crippen molar-refractivity contribution in [1.29, 1.82) is 0 Å². The van der Waals surface area contributed by atoms with E-state index in [1.165, 1.54) is 25.2 Å². The molecule has 132 valence electrons. The van der Waals surface area contributed by atoms with Crippen molar-refractivity contribution in [1.82, 2.24) is 30.1 Å². The highest BCUT2D eigenvalue weighted by Crippen LogP contribution is 2.31. The Labute approximate surface area is 146 Å². The zero-order valence-corrected chi connectivity index (χ0v) is 14.3. The van der Waals surface area contributed by atoms with Crippen molar-refractivity contribution in [2.75, 3.05) is 19.8 Å². The Hall–Kier alpha value is -2.35. The molecule has 1 atom stereocenters. The Bertz CT molecular complexity index is 743. The molecule has 2 aromatic heterocycles. The van der Waals surface area contributed by atoms with Crippen LogP contribution in [0.15, 0.2) is 18.5 Å². The largest absolute Gasteiger partial charge is 0.380 e. The molecule has 8 heteroatoms. The smallest absolute Gasteiger partial charge is 0.255 e. The fraction of sp³-hybridized carbons (Fsp3) is 0.588. The lowest BCUT2D eigenvalue weighted by Gasteiger charge is -2.32. The minimum atomic E-state index is -0.0567. The van der Waals surface area contributed by atoms with Gasteiger partial charge >= 0.3 is 0 Å². The van der Waals surface area contributed by atoms with Gasteiger partial charge in [0.25, 0.3) is 5.91 Å². The normalized spacial score (nSPS) is 19.7. The van der Waals surface area contributed by atoms with Crippen LogP contribution in [0.25, 0.3) is 0 Å². The van der Waals surface area contributed by atoms with Crippen molar-refractivity contribution in [2.24, 2.45) is 5.92 Å². The molecule has 1 aliphatic carbocycles. The van der Waals surface area contributed by atoms with E-state index in [4.69, 9.17) is 4.74 Å². The van der Waals surface area contributed by atoms with Gasteiger partial charge in [0.1, 0.15) is 5.69 Å². The highest BCUT2D eigenvalue weighted by atomic mass is 16.5. The van der Waals surface area contributed by atoms with Crippen LogP contribution in [0.2, 0.25) is 0 Å². The molecular weight excluding hydrogens is 320 g/mol. The third kappa shape index (κ3) is 3.39. The van der Waals surface area contributed by atoms with E-state index in [-0.39, 0.29) is 11.8 Å². The first kappa shape index (κ1) is 16.1. The lowest BCUT2D eigenvalue weighted by molar-refractivity contribution is 0.0616. The summed E-state index contributed by atoms with van der Waals surface area (Å²) in [5, 5.41) is 16.1. The molecule has 4 rings (SSSR count). The van der Waals surface area contributed by atoms with E-state index in [0.29, 0.717) is 25.3 Å². The number of amides is 1. The number of carbonyl (C=O) groups is 1. The standard InChI is InChI=1S/C17H22N6O2/c1-2-23-16-14(11-25-10-12-3-4-12)8-22(9-15(16)20-21-23)17(24)13-5-6-18-19-7-13/h5-7,12,14H,2-4,8-11H2,1H3. The summed E-state index contributed by atoms with van der Waals surface area (Å²) in [6.45, 7) is 5.29. The van der Waals surface area contributed by atoms with E-state index in [9.17, 15) is 4.79 Å². The van der Waals surface area contributed by atoms with Crippen LogP contribution in [0.4, 0.5) is 0 Å². The summed E-state index contributed by atoms with van der Waals surface area (Å²) in [6.07, 6.45) is 5.57. The predicted molar refractivity (Wildman–Crippen MR) is 88.8 cm³/mol. The first-order valence-corrected chi connectivity index (χ1v) is 8.82. The van der Waals surface area contributed by atoms with Crippen molar-refractivity contribution in [3.63, 3.8) is 0 Å². The van der Waals surface area contributed by atoms with Crippen LogP contribution in [0.1, 0.15) is 47.4 Å². The number of rotatable bonds is 6. The fourth-order valence-corrected chi connectivity index (χ4v) is 3.29. The average molecular weight is 342 g/mol. The van der Waals surface area contributed by atoms with Gasteiger partial charge in [-0.25, -0.2) is 4.68 Å². The van der Waals surface area contributed by atoms with Gasteiger partial charge in [-0.1, -0.05) is 5.21 Å². The Balaban J connectivity index is 1.54. The SMILES string of the molecule is CCn1nnc2c1C(COCC1CC1)CN(C(=O)c1ccnnc1)C2. The van der Waals surface area contributed by atoms with Gasteiger partial charge in [0.05, 0.1) is 36.8 Å². The molecule has 25 heavy (non-hydrogen) atoms.